The first kappa shape index (κ1) is 14.3. The molecule has 0 aromatic heterocycles. The van der Waals surface area contributed by atoms with E-state index in [9.17, 15) is 0 Å². The summed E-state index contributed by atoms with van der Waals surface area (Å²) in [7, 11) is 5.97. The third-order valence-electron chi connectivity index (χ3n) is 4.96. The van der Waals surface area contributed by atoms with Gasteiger partial charge in [-0.3, -0.25) is 0 Å². The van der Waals surface area contributed by atoms with Gasteiger partial charge in [-0.1, -0.05) is 90.4 Å². The van der Waals surface area contributed by atoms with Gasteiger partial charge in [0.2, 0.25) is 0 Å². The van der Waals surface area contributed by atoms with Crippen LogP contribution in [0.1, 0.15) is 0 Å². The first-order chi connectivity index (χ1) is 12.3. The van der Waals surface area contributed by atoms with E-state index in [1.165, 1.54) is 37.9 Å². The van der Waals surface area contributed by atoms with Gasteiger partial charge in [-0.25, -0.2) is 0 Å². The number of hydrogen-bond acceptors (Lipinski definition) is 0. The maximum Gasteiger partial charge on any atom is 0.113 e. The van der Waals surface area contributed by atoms with Crippen molar-refractivity contribution in [2.24, 2.45) is 0 Å². The van der Waals surface area contributed by atoms with Crippen molar-refractivity contribution >= 4 is 45.6 Å². The number of fused-ring (bicyclic) bond motifs is 6. The smallest absolute Gasteiger partial charge is 0.0961 e. The molecule has 0 aliphatic heterocycles. The lowest BCUT2D eigenvalue weighted by Gasteiger charge is -2.12. The molecule has 0 atom stereocenters. The van der Waals surface area contributed by atoms with Crippen LogP contribution in [0.5, 0.6) is 0 Å². The van der Waals surface area contributed by atoms with Gasteiger partial charge in [-0.15, -0.1) is 0 Å². The van der Waals surface area contributed by atoms with Gasteiger partial charge in [0.15, 0.2) is 0 Å². The van der Waals surface area contributed by atoms with E-state index < -0.39 is 0 Å². The third-order valence-corrected chi connectivity index (χ3v) is 4.96. The molecule has 0 spiro atoms. The van der Waals surface area contributed by atoms with Crippen LogP contribution in [-0.2, 0) is 0 Å². The summed E-state index contributed by atoms with van der Waals surface area (Å²) in [5, 5.41) is 7.78. The molecule has 5 rings (SSSR count). The summed E-state index contributed by atoms with van der Waals surface area (Å²) in [6.07, 6.45) is 0. The molecule has 2 radical (unpaired) electrons. The molecule has 0 aliphatic carbocycles. The molecule has 0 amide bonds. The maximum absolute atomic E-state index is 5.97. The summed E-state index contributed by atoms with van der Waals surface area (Å²) in [6, 6.07) is 32.1. The topological polar surface area (TPSA) is 0 Å². The van der Waals surface area contributed by atoms with E-state index >= 15 is 0 Å². The second-order valence-electron chi connectivity index (χ2n) is 6.48. The van der Waals surface area contributed by atoms with Crippen LogP contribution in [0.25, 0.3) is 43.4 Å². The van der Waals surface area contributed by atoms with Gasteiger partial charge in [0.25, 0.3) is 0 Å². The summed E-state index contributed by atoms with van der Waals surface area (Å²) in [5.41, 5.74) is 3.14. The Kier molecular flexibility index (Phi) is 3.14. The normalized spacial score (nSPS) is 11.4. The lowest BCUT2D eigenvalue weighted by atomic mass is 9.90. The van der Waals surface area contributed by atoms with Crippen LogP contribution in [0.4, 0.5) is 0 Å². The van der Waals surface area contributed by atoms with Gasteiger partial charge >= 0.3 is 0 Å². The van der Waals surface area contributed by atoms with E-state index in [1.54, 1.807) is 0 Å². The van der Waals surface area contributed by atoms with Crippen molar-refractivity contribution in [1.82, 2.24) is 0 Å². The molecule has 0 N–H and O–H groups in total. The van der Waals surface area contributed by atoms with E-state index in [2.05, 4.69) is 72.8 Å². The molecule has 114 valence electrons. The van der Waals surface area contributed by atoms with E-state index in [-0.39, 0.29) is 0 Å². The summed E-state index contributed by atoms with van der Waals surface area (Å²) >= 11 is 0. The second kappa shape index (κ2) is 5.49. The van der Waals surface area contributed by atoms with E-state index in [0.717, 1.165) is 11.0 Å². The summed E-state index contributed by atoms with van der Waals surface area (Å²) < 4.78 is 0. The monoisotopic (exact) mass is 314 g/mol. The fourth-order valence-corrected chi connectivity index (χ4v) is 3.81. The average molecular weight is 314 g/mol. The Morgan fingerprint density at radius 1 is 0.400 bits per heavy atom. The zero-order chi connectivity index (χ0) is 16.8. The molecule has 0 bridgehead atoms. The Labute approximate surface area is 148 Å². The van der Waals surface area contributed by atoms with Crippen LogP contribution in [0.3, 0.4) is 0 Å². The van der Waals surface area contributed by atoms with Crippen LogP contribution in [0, 0.1) is 0 Å². The van der Waals surface area contributed by atoms with E-state index in [0.29, 0.717) is 0 Å². The lowest BCUT2D eigenvalue weighted by molar-refractivity contribution is 1.68. The van der Waals surface area contributed by atoms with Crippen molar-refractivity contribution < 1.29 is 0 Å². The minimum absolute atomic E-state index is 0.793. The van der Waals surface area contributed by atoms with Gasteiger partial charge in [0.05, 0.1) is 0 Å². The molecule has 0 saturated heterocycles. The average Bonchev–Trinajstić information content (AvgIpc) is 2.68. The second-order valence-corrected chi connectivity index (χ2v) is 6.48. The highest BCUT2D eigenvalue weighted by Gasteiger charge is 2.09. The zero-order valence-corrected chi connectivity index (χ0v) is 13.7. The van der Waals surface area contributed by atoms with E-state index in [1.807, 2.05) is 18.2 Å². The molecule has 1 heteroatoms. The van der Waals surface area contributed by atoms with Gasteiger partial charge in [0.1, 0.15) is 7.85 Å². The minimum atomic E-state index is 0.793. The van der Waals surface area contributed by atoms with Gasteiger partial charge in [-0.05, 0) is 49.5 Å². The highest BCUT2D eigenvalue weighted by molar-refractivity contribution is 6.32. The molecule has 5 aromatic carbocycles. The number of benzene rings is 5. The van der Waals surface area contributed by atoms with Crippen molar-refractivity contribution in [2.45, 2.75) is 0 Å². The Balaban J connectivity index is 1.93. The summed E-state index contributed by atoms with van der Waals surface area (Å²) in [6.45, 7) is 0. The standard InChI is InChI=1S/C24H15B/c25-18-7-5-6-16(14-18)17-12-13-23-21-10-2-1-8-19(21)20-9-3-4-11-22(20)24(23)15-17/h1-15H. The molecule has 0 heterocycles. The highest BCUT2D eigenvalue weighted by atomic mass is 14.1. The van der Waals surface area contributed by atoms with Crippen molar-refractivity contribution in [2.75, 3.05) is 0 Å². The Bertz CT molecular complexity index is 1220. The molecule has 5 aromatic rings. The first-order valence-corrected chi connectivity index (χ1v) is 8.50. The van der Waals surface area contributed by atoms with Gasteiger partial charge < -0.3 is 0 Å². The third kappa shape index (κ3) is 2.24. The molecule has 0 fully saturated rings. The predicted molar refractivity (Wildman–Crippen MR) is 110 cm³/mol. The Morgan fingerprint density at radius 2 is 0.920 bits per heavy atom. The molecular weight excluding hydrogens is 299 g/mol. The van der Waals surface area contributed by atoms with Crippen molar-refractivity contribution in [3.05, 3.63) is 91.0 Å². The summed E-state index contributed by atoms with van der Waals surface area (Å²) in [5.74, 6) is 0. The first-order valence-electron chi connectivity index (χ1n) is 8.50. The molecule has 0 unspecified atom stereocenters. The van der Waals surface area contributed by atoms with Crippen molar-refractivity contribution in [3.8, 4) is 11.1 Å². The van der Waals surface area contributed by atoms with Crippen LogP contribution in [0.15, 0.2) is 91.0 Å². The summed E-state index contributed by atoms with van der Waals surface area (Å²) in [4.78, 5) is 0. The van der Waals surface area contributed by atoms with Gasteiger partial charge in [-0.2, -0.15) is 0 Å². The molecule has 25 heavy (non-hydrogen) atoms. The minimum Gasteiger partial charge on any atom is -0.0961 e. The fraction of sp³-hybridized carbons (Fsp3) is 0. The van der Waals surface area contributed by atoms with Crippen LogP contribution >= 0.6 is 0 Å². The SMILES string of the molecule is [B]c1cccc(-c2ccc3c4ccccc4c4ccccc4c3c2)c1. The number of rotatable bonds is 1. The van der Waals surface area contributed by atoms with Crippen molar-refractivity contribution in [3.63, 3.8) is 0 Å². The predicted octanol–water partition coefficient (Wildman–Crippen LogP) is 5.61. The lowest BCUT2D eigenvalue weighted by Crippen LogP contribution is -2.00. The quantitative estimate of drug-likeness (QED) is 0.279. The maximum atomic E-state index is 5.97. The van der Waals surface area contributed by atoms with Crippen LogP contribution in [0.2, 0.25) is 0 Å². The Morgan fingerprint density at radius 3 is 1.52 bits per heavy atom. The van der Waals surface area contributed by atoms with Crippen molar-refractivity contribution in [1.29, 1.82) is 0 Å². The largest absolute Gasteiger partial charge is 0.113 e. The molecular formula is C24H15B. The Hall–Kier alpha value is -3.06. The zero-order valence-electron chi connectivity index (χ0n) is 13.7. The van der Waals surface area contributed by atoms with Crippen LogP contribution in [-0.4, -0.2) is 7.85 Å². The van der Waals surface area contributed by atoms with E-state index in [4.69, 9.17) is 7.85 Å². The van der Waals surface area contributed by atoms with Gasteiger partial charge in [0, 0.05) is 0 Å². The molecule has 0 saturated carbocycles. The number of hydrogen-bond donors (Lipinski definition) is 0. The fourth-order valence-electron chi connectivity index (χ4n) is 3.81. The molecule has 0 aliphatic rings. The molecule has 0 nitrogen and oxygen atoms in total. The van der Waals surface area contributed by atoms with Crippen LogP contribution < -0.4 is 5.46 Å². The highest BCUT2D eigenvalue weighted by Crippen LogP contribution is 2.36.